The van der Waals surface area contributed by atoms with E-state index in [0.29, 0.717) is 17.9 Å². The Labute approximate surface area is 142 Å². The van der Waals surface area contributed by atoms with Crippen LogP contribution in [0.5, 0.6) is 0 Å². The molecule has 1 heterocycles. The van der Waals surface area contributed by atoms with Gasteiger partial charge in [-0.1, -0.05) is 13.0 Å². The Morgan fingerprint density at radius 3 is 2.50 bits per heavy atom. The predicted molar refractivity (Wildman–Crippen MR) is 91.9 cm³/mol. The molecule has 0 fully saturated rings. The highest BCUT2D eigenvalue weighted by Gasteiger charge is 2.21. The van der Waals surface area contributed by atoms with Crippen LogP contribution in [0, 0.1) is 0 Å². The molecule has 24 heavy (non-hydrogen) atoms. The van der Waals surface area contributed by atoms with Crippen molar-refractivity contribution in [2.45, 2.75) is 44.6 Å². The largest absolute Gasteiger partial charge is 0.291 e. The van der Waals surface area contributed by atoms with E-state index < -0.39 is 15.7 Å². The Morgan fingerprint density at radius 2 is 1.96 bits per heavy atom. The fraction of sp³-hybridized carbons (Fsp3) is 0.438. The zero-order valence-corrected chi connectivity index (χ0v) is 15.3. The number of hydrogen-bond donors (Lipinski definition) is 1. The topological polar surface area (TPSA) is 93.9 Å². The molecule has 1 N–H and O–H groups in total. The summed E-state index contributed by atoms with van der Waals surface area (Å²) >= 11 is 0. The van der Waals surface area contributed by atoms with Gasteiger partial charge >= 0.3 is 0 Å². The summed E-state index contributed by atoms with van der Waals surface area (Å²) in [6, 6.07) is 4.68. The molecule has 1 amide bonds. The van der Waals surface area contributed by atoms with Gasteiger partial charge in [0.25, 0.3) is 5.91 Å². The van der Waals surface area contributed by atoms with Crippen LogP contribution < -0.4 is 5.32 Å². The first-order valence-corrected chi connectivity index (χ1v) is 9.48. The quantitative estimate of drug-likeness (QED) is 0.913. The predicted octanol–water partition coefficient (Wildman–Crippen LogP) is 2.25. The van der Waals surface area contributed by atoms with Gasteiger partial charge in [0.1, 0.15) is 6.33 Å². The molecule has 1 aromatic heterocycles. The number of sulfone groups is 1. The van der Waals surface area contributed by atoms with E-state index in [1.165, 1.54) is 12.4 Å². The van der Waals surface area contributed by atoms with E-state index in [2.05, 4.69) is 15.4 Å². The van der Waals surface area contributed by atoms with Gasteiger partial charge in [0.05, 0.1) is 10.4 Å². The molecule has 8 heteroatoms. The van der Waals surface area contributed by atoms with Crippen LogP contribution in [-0.2, 0) is 21.8 Å². The van der Waals surface area contributed by atoms with E-state index in [1.54, 1.807) is 16.8 Å². The van der Waals surface area contributed by atoms with Crippen LogP contribution in [0.4, 0.5) is 5.95 Å². The summed E-state index contributed by atoms with van der Waals surface area (Å²) in [5.74, 6) is -0.117. The Kier molecular flexibility index (Phi) is 4.80. The lowest BCUT2D eigenvalue weighted by atomic mass is 10.1. The number of aromatic nitrogens is 3. The van der Waals surface area contributed by atoms with Crippen molar-refractivity contribution in [1.82, 2.24) is 14.8 Å². The van der Waals surface area contributed by atoms with Gasteiger partial charge in [0.15, 0.2) is 9.84 Å². The maximum absolute atomic E-state index is 12.5. The minimum absolute atomic E-state index is 0.176. The lowest BCUT2D eigenvalue weighted by Crippen LogP contribution is -2.27. The molecule has 2 aromatic rings. The normalized spacial score (nSPS) is 12.2. The van der Waals surface area contributed by atoms with E-state index in [1.807, 2.05) is 27.7 Å². The summed E-state index contributed by atoms with van der Waals surface area (Å²) < 4.78 is 25.5. The second-order valence-electron chi connectivity index (χ2n) is 6.57. The van der Waals surface area contributed by atoms with Crippen LogP contribution in [-0.4, -0.2) is 35.3 Å². The molecule has 0 saturated carbocycles. The lowest BCUT2D eigenvalue weighted by molar-refractivity contribution is 0.102. The van der Waals surface area contributed by atoms with E-state index >= 15 is 0 Å². The average Bonchev–Trinajstić information content (AvgIpc) is 2.93. The number of nitrogens with zero attached hydrogens (tertiary/aromatic N) is 3. The molecule has 0 aliphatic carbocycles. The van der Waals surface area contributed by atoms with Crippen LogP contribution in [0.25, 0.3) is 0 Å². The molecule has 1 aromatic carbocycles. The highest BCUT2D eigenvalue weighted by Crippen LogP contribution is 2.21. The van der Waals surface area contributed by atoms with Crippen molar-refractivity contribution in [1.29, 1.82) is 0 Å². The second-order valence-corrected chi connectivity index (χ2v) is 8.55. The summed E-state index contributed by atoms with van der Waals surface area (Å²) in [5, 5.41) is 6.80. The van der Waals surface area contributed by atoms with E-state index in [0.717, 1.165) is 6.26 Å². The highest BCUT2D eigenvalue weighted by atomic mass is 32.2. The summed E-state index contributed by atoms with van der Waals surface area (Å²) in [5.41, 5.74) is 0.603. The molecule has 0 bridgehead atoms. The number of carbonyl (C=O) groups excluding carboxylic acids is 1. The Bertz CT molecular complexity index is 864. The summed E-state index contributed by atoms with van der Waals surface area (Å²) in [6.45, 7) is 7.69. The minimum atomic E-state index is -3.41. The summed E-state index contributed by atoms with van der Waals surface area (Å²) in [4.78, 5) is 16.7. The van der Waals surface area contributed by atoms with Crippen molar-refractivity contribution in [2.24, 2.45) is 0 Å². The van der Waals surface area contributed by atoms with Crippen molar-refractivity contribution >= 4 is 21.7 Å². The van der Waals surface area contributed by atoms with E-state index in [-0.39, 0.29) is 16.0 Å². The van der Waals surface area contributed by atoms with Gasteiger partial charge in [0.2, 0.25) is 5.95 Å². The Balaban J connectivity index is 2.37. The summed E-state index contributed by atoms with van der Waals surface area (Å²) in [6.07, 6.45) is 3.07. The molecule has 0 aliphatic heterocycles. The molecule has 130 valence electrons. The van der Waals surface area contributed by atoms with Gasteiger partial charge in [0, 0.05) is 11.8 Å². The maximum atomic E-state index is 12.5. The molecule has 0 aliphatic rings. The number of amides is 1. The maximum Gasteiger partial charge on any atom is 0.258 e. The van der Waals surface area contributed by atoms with Gasteiger partial charge in [-0.25, -0.2) is 13.1 Å². The number of benzene rings is 1. The van der Waals surface area contributed by atoms with Crippen molar-refractivity contribution < 1.29 is 13.2 Å². The first kappa shape index (κ1) is 18.1. The van der Waals surface area contributed by atoms with Gasteiger partial charge < -0.3 is 0 Å². The molecule has 0 saturated heterocycles. The number of nitrogens with one attached hydrogen (secondary N) is 1. The number of anilines is 1. The van der Waals surface area contributed by atoms with Gasteiger partial charge in [-0.15, -0.1) is 0 Å². The van der Waals surface area contributed by atoms with E-state index in [4.69, 9.17) is 0 Å². The zero-order chi connectivity index (χ0) is 18.1. The monoisotopic (exact) mass is 350 g/mol. The van der Waals surface area contributed by atoms with Crippen LogP contribution in [0.1, 0.15) is 43.6 Å². The third-order valence-electron chi connectivity index (χ3n) is 3.52. The standard InChI is InChI=1S/C16H22N4O3S/c1-6-11-7-8-12(9-13(11)24(5,22)23)14(21)19-15-17-10-18-20(15)16(2,3)4/h7-10H,6H2,1-5H3,(H,17,18,19,21). The van der Waals surface area contributed by atoms with Crippen molar-refractivity contribution in [3.8, 4) is 0 Å². The third-order valence-corrected chi connectivity index (χ3v) is 4.70. The number of hydrogen-bond acceptors (Lipinski definition) is 5. The first-order chi connectivity index (χ1) is 11.0. The first-order valence-electron chi connectivity index (χ1n) is 7.59. The molecular formula is C16H22N4O3S. The smallest absolute Gasteiger partial charge is 0.258 e. The Hall–Kier alpha value is -2.22. The van der Waals surface area contributed by atoms with Crippen molar-refractivity contribution in [2.75, 3.05) is 11.6 Å². The van der Waals surface area contributed by atoms with Gasteiger partial charge in [-0.3, -0.25) is 10.1 Å². The lowest BCUT2D eigenvalue weighted by Gasteiger charge is -2.21. The number of aryl methyl sites for hydroxylation is 1. The van der Waals surface area contributed by atoms with Crippen LogP contribution >= 0.6 is 0 Å². The minimum Gasteiger partial charge on any atom is -0.291 e. The van der Waals surface area contributed by atoms with Crippen molar-refractivity contribution in [3.63, 3.8) is 0 Å². The van der Waals surface area contributed by atoms with Gasteiger partial charge in [-0.05, 0) is 44.9 Å². The molecule has 2 rings (SSSR count). The SMILES string of the molecule is CCc1ccc(C(=O)Nc2ncnn2C(C)(C)C)cc1S(C)(=O)=O. The van der Waals surface area contributed by atoms with E-state index in [9.17, 15) is 13.2 Å². The molecule has 0 radical (unpaired) electrons. The molecular weight excluding hydrogens is 328 g/mol. The molecule has 0 unspecified atom stereocenters. The fourth-order valence-corrected chi connectivity index (χ4v) is 3.35. The highest BCUT2D eigenvalue weighted by molar-refractivity contribution is 7.90. The summed E-state index contributed by atoms with van der Waals surface area (Å²) in [7, 11) is -3.41. The van der Waals surface area contributed by atoms with Crippen molar-refractivity contribution in [3.05, 3.63) is 35.7 Å². The fourth-order valence-electron chi connectivity index (χ4n) is 2.32. The zero-order valence-electron chi connectivity index (χ0n) is 14.5. The Morgan fingerprint density at radius 1 is 1.29 bits per heavy atom. The third kappa shape index (κ3) is 3.81. The molecule has 7 nitrogen and oxygen atoms in total. The number of carbonyl (C=O) groups is 1. The molecule has 0 spiro atoms. The second kappa shape index (κ2) is 6.35. The molecule has 0 atom stereocenters. The number of rotatable bonds is 4. The average molecular weight is 350 g/mol. The van der Waals surface area contributed by atoms with Crippen LogP contribution in [0.15, 0.2) is 29.4 Å². The van der Waals surface area contributed by atoms with Gasteiger partial charge in [-0.2, -0.15) is 10.1 Å². The van der Waals surface area contributed by atoms with Crippen LogP contribution in [0.3, 0.4) is 0 Å². The van der Waals surface area contributed by atoms with Crippen LogP contribution in [0.2, 0.25) is 0 Å².